The predicted molar refractivity (Wildman–Crippen MR) is 39.6 cm³/mol. The molecular weight excluding hydrogens is 243 g/mol. The fourth-order valence-electron chi connectivity index (χ4n) is 0.569. The molecule has 0 fully saturated rings. The molecule has 1 aromatic rings. The summed E-state index contributed by atoms with van der Waals surface area (Å²) < 4.78 is 35.6. The molecule has 0 unspecified atom stereocenters. The number of hydrogen-bond donors (Lipinski definition) is 0. The first-order valence-electron chi connectivity index (χ1n) is 2.64. The minimum atomic E-state index is -4.16. The summed E-state index contributed by atoms with van der Waals surface area (Å²) >= 11 is 4.13. The number of rotatable bonds is 1. The first kappa shape index (κ1) is 8.99. The van der Waals surface area contributed by atoms with Crippen LogP contribution in [0.2, 0.25) is 0 Å². The Morgan fingerprint density at radius 2 is 2.18 bits per heavy atom. The highest BCUT2D eigenvalue weighted by atomic mass is 79.9. The summed E-state index contributed by atoms with van der Waals surface area (Å²) in [6, 6.07) is 0. The number of aromatic nitrogens is 1. The van der Waals surface area contributed by atoms with Crippen molar-refractivity contribution < 1.29 is 13.2 Å². The largest absolute Gasteiger partial charge is 0.394 e. The van der Waals surface area contributed by atoms with Crippen LogP contribution in [0.5, 0.6) is 0 Å². The van der Waals surface area contributed by atoms with Crippen molar-refractivity contribution in [1.29, 1.82) is 0 Å². The van der Waals surface area contributed by atoms with E-state index in [-0.39, 0.29) is 5.69 Å². The van der Waals surface area contributed by atoms with Gasteiger partial charge in [0, 0.05) is 5.38 Å². The molecular formula is C5H3BrF3NS. The first-order valence-corrected chi connectivity index (χ1v) is 4.31. The van der Waals surface area contributed by atoms with Gasteiger partial charge < -0.3 is 0 Å². The van der Waals surface area contributed by atoms with Gasteiger partial charge in [-0.1, -0.05) is 0 Å². The minimum absolute atomic E-state index is 0.0642. The Bertz CT molecular complexity index is 244. The molecule has 62 valence electrons. The summed E-state index contributed by atoms with van der Waals surface area (Å²) in [4.78, 5) is 3.61. The zero-order valence-corrected chi connectivity index (χ0v) is 7.55. The average Bonchev–Trinajstić information content (AvgIpc) is 2.10. The van der Waals surface area contributed by atoms with Gasteiger partial charge in [0.05, 0.1) is 12.1 Å². The van der Waals surface area contributed by atoms with E-state index in [1.165, 1.54) is 5.38 Å². The molecule has 0 bridgehead atoms. The Hall–Kier alpha value is -0.100. The Morgan fingerprint density at radius 3 is 2.55 bits per heavy atom. The van der Waals surface area contributed by atoms with E-state index in [9.17, 15) is 13.2 Å². The van der Waals surface area contributed by atoms with Gasteiger partial charge in [-0.05, 0) is 15.9 Å². The van der Waals surface area contributed by atoms with Crippen LogP contribution in [0.3, 0.4) is 0 Å². The number of nitrogens with zero attached hydrogens (tertiary/aromatic N) is 1. The fraction of sp³-hybridized carbons (Fsp3) is 0.400. The van der Waals surface area contributed by atoms with Crippen molar-refractivity contribution >= 4 is 27.3 Å². The van der Waals surface area contributed by atoms with Gasteiger partial charge >= 0.3 is 6.18 Å². The highest BCUT2D eigenvalue weighted by molar-refractivity contribution is 9.11. The number of halogens is 4. The van der Waals surface area contributed by atoms with Crippen LogP contribution in [-0.2, 0) is 6.42 Å². The normalized spacial score (nSPS) is 12.0. The van der Waals surface area contributed by atoms with E-state index >= 15 is 0 Å². The van der Waals surface area contributed by atoms with Gasteiger partial charge in [0.25, 0.3) is 0 Å². The molecule has 6 heteroatoms. The highest BCUT2D eigenvalue weighted by Gasteiger charge is 2.28. The monoisotopic (exact) mass is 245 g/mol. The average molecular weight is 246 g/mol. The van der Waals surface area contributed by atoms with E-state index in [1.807, 2.05) is 0 Å². The molecule has 1 heterocycles. The van der Waals surface area contributed by atoms with Gasteiger partial charge in [-0.2, -0.15) is 13.2 Å². The minimum Gasteiger partial charge on any atom is -0.234 e. The number of alkyl halides is 3. The lowest BCUT2D eigenvalue weighted by Crippen LogP contribution is -2.11. The molecule has 0 N–H and O–H groups in total. The quantitative estimate of drug-likeness (QED) is 0.742. The molecule has 0 amide bonds. The molecule has 0 saturated heterocycles. The SMILES string of the molecule is FC(F)(F)Cc1csc(Br)n1. The van der Waals surface area contributed by atoms with E-state index in [2.05, 4.69) is 20.9 Å². The van der Waals surface area contributed by atoms with Crippen LogP contribution in [0, 0.1) is 0 Å². The van der Waals surface area contributed by atoms with E-state index in [1.54, 1.807) is 0 Å². The molecule has 1 nitrogen and oxygen atoms in total. The zero-order valence-electron chi connectivity index (χ0n) is 5.15. The molecule has 0 aliphatic carbocycles. The molecule has 0 atom stereocenters. The van der Waals surface area contributed by atoms with Crippen LogP contribution in [0.1, 0.15) is 5.69 Å². The van der Waals surface area contributed by atoms with Crippen LogP contribution >= 0.6 is 27.3 Å². The smallest absolute Gasteiger partial charge is 0.234 e. The molecule has 0 spiro atoms. The van der Waals surface area contributed by atoms with Gasteiger partial charge in [-0.25, -0.2) is 4.98 Å². The fourth-order valence-corrected chi connectivity index (χ4v) is 1.62. The van der Waals surface area contributed by atoms with Crippen LogP contribution in [0.4, 0.5) is 13.2 Å². The molecule has 1 rings (SSSR count). The predicted octanol–water partition coefficient (Wildman–Crippen LogP) is 3.01. The van der Waals surface area contributed by atoms with E-state index in [4.69, 9.17) is 0 Å². The summed E-state index contributed by atoms with van der Waals surface area (Å²) in [5.41, 5.74) is 0.0642. The van der Waals surface area contributed by atoms with Gasteiger partial charge in [-0.3, -0.25) is 0 Å². The van der Waals surface area contributed by atoms with Crippen molar-refractivity contribution in [2.45, 2.75) is 12.6 Å². The van der Waals surface area contributed by atoms with E-state index in [0.717, 1.165) is 11.3 Å². The third kappa shape index (κ3) is 3.20. The van der Waals surface area contributed by atoms with Crippen LogP contribution < -0.4 is 0 Å². The lowest BCUT2D eigenvalue weighted by atomic mass is 10.3. The second-order valence-electron chi connectivity index (χ2n) is 1.88. The van der Waals surface area contributed by atoms with Crippen molar-refractivity contribution in [2.24, 2.45) is 0 Å². The molecule has 0 radical (unpaired) electrons. The van der Waals surface area contributed by atoms with Gasteiger partial charge in [0.1, 0.15) is 0 Å². The molecule has 0 aliphatic heterocycles. The van der Waals surface area contributed by atoms with Crippen molar-refractivity contribution in [3.05, 3.63) is 15.0 Å². The van der Waals surface area contributed by atoms with Crippen LogP contribution in [-0.4, -0.2) is 11.2 Å². The molecule has 0 aliphatic rings. The number of thiazole rings is 1. The maximum Gasteiger partial charge on any atom is 0.394 e. The Balaban J connectivity index is 2.65. The molecule has 1 aromatic heterocycles. The summed E-state index contributed by atoms with van der Waals surface area (Å²) in [6.45, 7) is 0. The molecule has 0 aromatic carbocycles. The summed E-state index contributed by atoms with van der Waals surface area (Å²) in [5.74, 6) is 0. The summed E-state index contributed by atoms with van der Waals surface area (Å²) in [5, 5.41) is 1.39. The second-order valence-corrected chi connectivity index (χ2v) is 4.02. The maximum absolute atomic E-state index is 11.7. The summed E-state index contributed by atoms with van der Waals surface area (Å²) in [7, 11) is 0. The van der Waals surface area contributed by atoms with Crippen LogP contribution in [0.15, 0.2) is 9.30 Å². The highest BCUT2D eigenvalue weighted by Crippen LogP contribution is 2.24. The Kier molecular flexibility index (Phi) is 2.54. The van der Waals surface area contributed by atoms with E-state index < -0.39 is 12.6 Å². The van der Waals surface area contributed by atoms with E-state index in [0.29, 0.717) is 3.92 Å². The van der Waals surface area contributed by atoms with Gasteiger partial charge in [-0.15, -0.1) is 11.3 Å². The third-order valence-electron chi connectivity index (χ3n) is 0.905. The second kappa shape index (κ2) is 3.10. The topological polar surface area (TPSA) is 12.9 Å². The van der Waals surface area contributed by atoms with Crippen molar-refractivity contribution in [2.75, 3.05) is 0 Å². The van der Waals surface area contributed by atoms with Crippen molar-refractivity contribution in [3.8, 4) is 0 Å². The van der Waals surface area contributed by atoms with Crippen molar-refractivity contribution in [3.63, 3.8) is 0 Å². The van der Waals surface area contributed by atoms with Crippen molar-refractivity contribution in [1.82, 2.24) is 4.98 Å². The Labute approximate surface area is 73.4 Å². The molecule has 11 heavy (non-hydrogen) atoms. The lowest BCUT2D eigenvalue weighted by Gasteiger charge is -2.01. The number of hydrogen-bond acceptors (Lipinski definition) is 2. The lowest BCUT2D eigenvalue weighted by molar-refractivity contribution is -0.127. The summed E-state index contributed by atoms with van der Waals surface area (Å²) in [6.07, 6.45) is -5.11. The maximum atomic E-state index is 11.7. The Morgan fingerprint density at radius 1 is 1.55 bits per heavy atom. The third-order valence-corrected chi connectivity index (χ3v) is 2.32. The van der Waals surface area contributed by atoms with Gasteiger partial charge in [0.2, 0.25) is 0 Å². The van der Waals surface area contributed by atoms with Crippen LogP contribution in [0.25, 0.3) is 0 Å². The first-order chi connectivity index (χ1) is 4.97. The van der Waals surface area contributed by atoms with Gasteiger partial charge in [0.15, 0.2) is 3.92 Å². The standard InChI is InChI=1S/C5H3BrF3NS/c6-4-10-3(2-11-4)1-5(7,8)9/h2H,1H2. The zero-order chi connectivity index (χ0) is 8.48. The molecule has 0 saturated carbocycles.